The minimum atomic E-state index is -0.348. The molecule has 0 unspecified atom stereocenters. The Morgan fingerprint density at radius 3 is 2.53 bits per heavy atom. The molecule has 30 heavy (non-hydrogen) atoms. The molecule has 0 aliphatic carbocycles. The largest absolute Gasteiger partial charge is 0.469 e. The van der Waals surface area contributed by atoms with E-state index in [9.17, 15) is 18.8 Å². The predicted octanol–water partition coefficient (Wildman–Crippen LogP) is 2.05. The molecule has 1 fully saturated rings. The van der Waals surface area contributed by atoms with E-state index in [1.807, 2.05) is 0 Å². The molecule has 1 saturated heterocycles. The molecule has 1 aliphatic rings. The standard InChI is InChI=1S/C22H26FN3O4/c1-15-18(9-13-30-15)22(29)25-14-20(27)26-11-7-17(8-12-26)21(28)24-10-6-16-4-2-3-5-19(16)23/h2-5,9,13,17H,6-8,10-12,14H2,1H3,(H,24,28)(H,25,29). The molecular weight excluding hydrogens is 389 g/mol. The van der Waals surface area contributed by atoms with Gasteiger partial charge in [0, 0.05) is 25.6 Å². The van der Waals surface area contributed by atoms with Crippen molar-refractivity contribution in [3.8, 4) is 0 Å². The molecule has 0 saturated carbocycles. The van der Waals surface area contributed by atoms with Crippen LogP contribution in [0.5, 0.6) is 0 Å². The van der Waals surface area contributed by atoms with E-state index in [1.54, 1.807) is 36.1 Å². The van der Waals surface area contributed by atoms with Gasteiger partial charge in [0.25, 0.3) is 5.91 Å². The first-order chi connectivity index (χ1) is 14.5. The second-order valence-electron chi connectivity index (χ2n) is 7.36. The van der Waals surface area contributed by atoms with E-state index in [0.29, 0.717) is 55.8 Å². The number of carbonyl (C=O) groups excluding carboxylic acids is 3. The highest BCUT2D eigenvalue weighted by Crippen LogP contribution is 2.17. The number of piperidine rings is 1. The molecule has 2 aromatic rings. The Kier molecular flexibility index (Phi) is 7.21. The van der Waals surface area contributed by atoms with E-state index in [2.05, 4.69) is 10.6 Å². The Bertz CT molecular complexity index is 903. The number of hydrogen-bond donors (Lipinski definition) is 2. The number of benzene rings is 1. The minimum Gasteiger partial charge on any atom is -0.469 e. The summed E-state index contributed by atoms with van der Waals surface area (Å²) in [5.74, 6) is -0.531. The van der Waals surface area contributed by atoms with Crippen molar-refractivity contribution in [1.82, 2.24) is 15.5 Å². The molecule has 3 amide bonds. The van der Waals surface area contributed by atoms with Crippen molar-refractivity contribution in [3.63, 3.8) is 0 Å². The zero-order chi connectivity index (χ0) is 21.5. The number of halogens is 1. The summed E-state index contributed by atoms with van der Waals surface area (Å²) in [5.41, 5.74) is 0.986. The van der Waals surface area contributed by atoms with E-state index in [0.717, 1.165) is 0 Å². The van der Waals surface area contributed by atoms with Crippen molar-refractivity contribution < 1.29 is 23.2 Å². The molecule has 0 bridgehead atoms. The van der Waals surface area contributed by atoms with Crippen molar-refractivity contribution in [2.75, 3.05) is 26.2 Å². The number of carbonyl (C=O) groups is 3. The van der Waals surface area contributed by atoms with Crippen LogP contribution in [0.1, 0.15) is 34.5 Å². The molecular formula is C22H26FN3O4. The van der Waals surface area contributed by atoms with Crippen LogP contribution in [0.4, 0.5) is 4.39 Å². The van der Waals surface area contributed by atoms with Gasteiger partial charge >= 0.3 is 0 Å². The normalized spacial score (nSPS) is 14.4. The maximum atomic E-state index is 13.6. The highest BCUT2D eigenvalue weighted by molar-refractivity contribution is 5.97. The van der Waals surface area contributed by atoms with Gasteiger partial charge in [-0.25, -0.2) is 4.39 Å². The van der Waals surface area contributed by atoms with Crippen molar-refractivity contribution in [2.45, 2.75) is 26.2 Å². The van der Waals surface area contributed by atoms with Gasteiger partial charge in [0.15, 0.2) is 0 Å². The summed E-state index contributed by atoms with van der Waals surface area (Å²) >= 11 is 0. The Morgan fingerprint density at radius 1 is 1.13 bits per heavy atom. The van der Waals surface area contributed by atoms with Crippen LogP contribution in [0.25, 0.3) is 0 Å². The number of aryl methyl sites for hydroxylation is 1. The average molecular weight is 415 g/mol. The van der Waals surface area contributed by atoms with E-state index in [1.165, 1.54) is 12.3 Å². The van der Waals surface area contributed by atoms with Gasteiger partial charge in [-0.2, -0.15) is 0 Å². The van der Waals surface area contributed by atoms with E-state index >= 15 is 0 Å². The van der Waals surface area contributed by atoms with Crippen LogP contribution in [0.15, 0.2) is 41.0 Å². The molecule has 1 aromatic heterocycles. The molecule has 0 spiro atoms. The quantitative estimate of drug-likeness (QED) is 0.724. The summed E-state index contributed by atoms with van der Waals surface area (Å²) < 4.78 is 18.7. The lowest BCUT2D eigenvalue weighted by Crippen LogP contribution is -2.46. The predicted molar refractivity (Wildman–Crippen MR) is 108 cm³/mol. The van der Waals surface area contributed by atoms with Gasteiger partial charge in [0.2, 0.25) is 11.8 Å². The third-order valence-electron chi connectivity index (χ3n) is 5.37. The first kappa shape index (κ1) is 21.5. The van der Waals surface area contributed by atoms with E-state index in [-0.39, 0.29) is 36.0 Å². The van der Waals surface area contributed by atoms with Gasteiger partial charge in [-0.15, -0.1) is 0 Å². The van der Waals surface area contributed by atoms with Gasteiger partial charge in [0.05, 0.1) is 18.4 Å². The lowest BCUT2D eigenvalue weighted by atomic mass is 9.95. The van der Waals surface area contributed by atoms with Crippen LogP contribution in [-0.2, 0) is 16.0 Å². The Balaban J connectivity index is 1.37. The second kappa shape index (κ2) is 10.0. The molecule has 2 N–H and O–H groups in total. The summed E-state index contributed by atoms with van der Waals surface area (Å²) in [6.07, 6.45) is 2.99. The maximum Gasteiger partial charge on any atom is 0.255 e. The molecule has 7 nitrogen and oxygen atoms in total. The van der Waals surface area contributed by atoms with Gasteiger partial charge in [-0.1, -0.05) is 18.2 Å². The van der Waals surface area contributed by atoms with Gasteiger partial charge < -0.3 is 20.0 Å². The molecule has 160 valence electrons. The summed E-state index contributed by atoms with van der Waals surface area (Å²) in [5, 5.41) is 5.46. The number of hydrogen-bond acceptors (Lipinski definition) is 4. The third-order valence-corrected chi connectivity index (χ3v) is 5.37. The Morgan fingerprint density at radius 2 is 1.87 bits per heavy atom. The fraction of sp³-hybridized carbons (Fsp3) is 0.409. The zero-order valence-electron chi connectivity index (χ0n) is 16.9. The van der Waals surface area contributed by atoms with E-state index in [4.69, 9.17) is 4.42 Å². The number of furan rings is 1. The van der Waals surface area contributed by atoms with Crippen molar-refractivity contribution in [3.05, 3.63) is 59.3 Å². The van der Waals surface area contributed by atoms with Gasteiger partial charge in [-0.3, -0.25) is 14.4 Å². The smallest absolute Gasteiger partial charge is 0.255 e. The van der Waals surface area contributed by atoms with Crippen LogP contribution in [0, 0.1) is 18.7 Å². The molecule has 1 aliphatic heterocycles. The van der Waals surface area contributed by atoms with E-state index < -0.39 is 0 Å². The number of likely N-dealkylation sites (tertiary alicyclic amines) is 1. The van der Waals surface area contributed by atoms with Crippen molar-refractivity contribution in [1.29, 1.82) is 0 Å². The maximum absolute atomic E-state index is 13.6. The molecule has 3 rings (SSSR count). The molecule has 1 aromatic carbocycles. The van der Waals surface area contributed by atoms with Crippen LogP contribution < -0.4 is 10.6 Å². The van der Waals surface area contributed by atoms with Crippen molar-refractivity contribution in [2.24, 2.45) is 5.92 Å². The number of amides is 3. The zero-order valence-corrected chi connectivity index (χ0v) is 16.9. The monoisotopic (exact) mass is 415 g/mol. The number of rotatable bonds is 7. The Hall–Kier alpha value is -3.16. The number of nitrogens with zero attached hydrogens (tertiary/aromatic N) is 1. The highest BCUT2D eigenvalue weighted by atomic mass is 19.1. The highest BCUT2D eigenvalue weighted by Gasteiger charge is 2.27. The van der Waals surface area contributed by atoms with Gasteiger partial charge in [0.1, 0.15) is 11.6 Å². The van der Waals surface area contributed by atoms with Crippen LogP contribution in [-0.4, -0.2) is 48.8 Å². The van der Waals surface area contributed by atoms with Crippen LogP contribution in [0.2, 0.25) is 0 Å². The summed E-state index contributed by atoms with van der Waals surface area (Å²) in [6, 6.07) is 8.08. The molecule has 0 atom stereocenters. The fourth-order valence-electron chi connectivity index (χ4n) is 3.54. The van der Waals surface area contributed by atoms with Crippen LogP contribution in [0.3, 0.4) is 0 Å². The molecule has 0 radical (unpaired) electrons. The molecule has 8 heteroatoms. The topological polar surface area (TPSA) is 91.7 Å². The fourth-order valence-corrected chi connectivity index (χ4v) is 3.54. The molecule has 2 heterocycles. The summed E-state index contributed by atoms with van der Waals surface area (Å²) in [7, 11) is 0. The first-order valence-corrected chi connectivity index (χ1v) is 10.1. The summed E-state index contributed by atoms with van der Waals surface area (Å²) in [4.78, 5) is 38.4. The third kappa shape index (κ3) is 5.46. The Labute approximate surface area is 174 Å². The lowest BCUT2D eigenvalue weighted by Gasteiger charge is -2.31. The van der Waals surface area contributed by atoms with Crippen LogP contribution >= 0.6 is 0 Å². The lowest BCUT2D eigenvalue weighted by molar-refractivity contribution is -0.134. The second-order valence-corrected chi connectivity index (χ2v) is 7.36. The SMILES string of the molecule is Cc1occc1C(=O)NCC(=O)N1CCC(C(=O)NCCc2ccccc2F)CC1. The number of nitrogens with one attached hydrogen (secondary N) is 2. The average Bonchev–Trinajstić information content (AvgIpc) is 3.19. The first-order valence-electron chi connectivity index (χ1n) is 10.1. The van der Waals surface area contributed by atoms with Crippen molar-refractivity contribution >= 4 is 17.7 Å². The minimum absolute atomic E-state index is 0.0674. The van der Waals surface area contributed by atoms with Gasteiger partial charge in [-0.05, 0) is 43.9 Å². The summed E-state index contributed by atoms with van der Waals surface area (Å²) in [6.45, 7) is 2.89.